The van der Waals surface area contributed by atoms with Crippen molar-refractivity contribution in [2.75, 3.05) is 26.2 Å². The van der Waals surface area contributed by atoms with Gasteiger partial charge in [-0.1, -0.05) is 56.3 Å². The largest absolute Gasteiger partial charge is 0.508 e. The topological polar surface area (TPSA) is 166 Å². The minimum atomic E-state index is -1.03. The minimum absolute atomic E-state index is 0.0696. The molecule has 1 aliphatic rings. The van der Waals surface area contributed by atoms with Crippen LogP contribution in [-0.4, -0.2) is 90.0 Å². The standard InChI is InChI=1S/C33H45N5O7/c1-5-45-33(44)27(18-24-11-13-25(39)14-12-24)37-30(41)22(4)36-29(40)20-35-31(42)28(19-23-9-7-6-8-10-23)38-16-15-34-26(32(38)43)17-21(2)3/h6-14,21-22,26-28,34,39H,5,15-20H2,1-4H3,(H,35,42)(H,36,40)(H,37,41)/t22-,26-,27+,28+/m1/s1. The average Bonchev–Trinajstić information content (AvgIpc) is 3.01. The number of carbonyl (C=O) groups is 5. The third kappa shape index (κ3) is 10.9. The second kappa shape index (κ2) is 17.1. The molecule has 3 rings (SSSR count). The lowest BCUT2D eigenvalue weighted by molar-refractivity contribution is -0.147. The van der Waals surface area contributed by atoms with Crippen LogP contribution in [0.1, 0.15) is 45.2 Å². The number of rotatable bonds is 15. The quantitative estimate of drug-likeness (QED) is 0.184. The van der Waals surface area contributed by atoms with Gasteiger partial charge in [-0.05, 0) is 49.4 Å². The van der Waals surface area contributed by atoms with Crippen molar-refractivity contribution < 1.29 is 33.8 Å². The molecule has 0 aromatic heterocycles. The number of phenols is 1. The van der Waals surface area contributed by atoms with Crippen LogP contribution in [0, 0.1) is 5.92 Å². The number of ether oxygens (including phenoxy) is 1. The summed E-state index contributed by atoms with van der Waals surface area (Å²) in [5.41, 5.74) is 1.57. The Morgan fingerprint density at radius 3 is 2.27 bits per heavy atom. The molecular formula is C33H45N5O7. The van der Waals surface area contributed by atoms with Crippen LogP contribution in [-0.2, 0) is 41.6 Å². The van der Waals surface area contributed by atoms with Crippen LogP contribution in [0.2, 0.25) is 0 Å². The van der Waals surface area contributed by atoms with Crippen LogP contribution >= 0.6 is 0 Å². The second-order valence-electron chi connectivity index (χ2n) is 11.6. The molecular weight excluding hydrogens is 578 g/mol. The van der Waals surface area contributed by atoms with Gasteiger partial charge in [-0.25, -0.2) is 4.79 Å². The predicted octanol–water partition coefficient (Wildman–Crippen LogP) is 1.06. The van der Waals surface area contributed by atoms with Crippen molar-refractivity contribution >= 4 is 29.6 Å². The summed E-state index contributed by atoms with van der Waals surface area (Å²) in [5, 5.41) is 20.6. The maximum Gasteiger partial charge on any atom is 0.328 e. The molecule has 0 bridgehead atoms. The van der Waals surface area contributed by atoms with E-state index < -0.39 is 48.4 Å². The highest BCUT2D eigenvalue weighted by molar-refractivity contribution is 5.94. The maximum atomic E-state index is 13.5. The van der Waals surface area contributed by atoms with E-state index in [1.807, 2.05) is 44.2 Å². The van der Waals surface area contributed by atoms with Crippen LogP contribution in [0.4, 0.5) is 0 Å². The van der Waals surface area contributed by atoms with Crippen LogP contribution < -0.4 is 21.3 Å². The first-order valence-corrected chi connectivity index (χ1v) is 15.4. The van der Waals surface area contributed by atoms with Gasteiger partial charge in [0.05, 0.1) is 19.2 Å². The summed E-state index contributed by atoms with van der Waals surface area (Å²) >= 11 is 0. The number of nitrogens with zero attached hydrogens (tertiary/aromatic N) is 1. The highest BCUT2D eigenvalue weighted by atomic mass is 16.5. The van der Waals surface area contributed by atoms with Crippen LogP contribution in [0.5, 0.6) is 5.75 Å². The van der Waals surface area contributed by atoms with Crippen molar-refractivity contribution in [1.82, 2.24) is 26.2 Å². The predicted molar refractivity (Wildman–Crippen MR) is 168 cm³/mol. The molecule has 5 N–H and O–H groups in total. The fourth-order valence-electron chi connectivity index (χ4n) is 5.15. The Morgan fingerprint density at radius 1 is 0.956 bits per heavy atom. The molecule has 0 saturated carbocycles. The number of phenolic OH excluding ortho intramolecular Hbond substituents is 1. The molecule has 1 heterocycles. The summed E-state index contributed by atoms with van der Waals surface area (Å²) in [4.78, 5) is 66.7. The molecule has 0 spiro atoms. The van der Waals surface area contributed by atoms with Crippen molar-refractivity contribution in [3.05, 3.63) is 65.7 Å². The normalized spacial score (nSPS) is 16.8. The third-order valence-electron chi connectivity index (χ3n) is 7.44. The molecule has 0 radical (unpaired) electrons. The number of piperazine rings is 1. The minimum Gasteiger partial charge on any atom is -0.508 e. The number of carbonyl (C=O) groups excluding carboxylic acids is 5. The van der Waals surface area contributed by atoms with E-state index in [4.69, 9.17) is 4.74 Å². The van der Waals surface area contributed by atoms with E-state index in [2.05, 4.69) is 21.3 Å². The van der Waals surface area contributed by atoms with Crippen molar-refractivity contribution in [2.24, 2.45) is 5.92 Å². The van der Waals surface area contributed by atoms with Gasteiger partial charge in [0.25, 0.3) is 0 Å². The molecule has 12 nitrogen and oxygen atoms in total. The Hall–Kier alpha value is -4.45. The summed E-state index contributed by atoms with van der Waals surface area (Å²) in [6.45, 7) is 7.80. The zero-order valence-corrected chi connectivity index (χ0v) is 26.4. The van der Waals surface area contributed by atoms with Gasteiger partial charge >= 0.3 is 5.97 Å². The van der Waals surface area contributed by atoms with Crippen molar-refractivity contribution in [3.63, 3.8) is 0 Å². The van der Waals surface area contributed by atoms with Gasteiger partial charge < -0.3 is 36.0 Å². The maximum absolute atomic E-state index is 13.5. The van der Waals surface area contributed by atoms with E-state index >= 15 is 0 Å². The van der Waals surface area contributed by atoms with Gasteiger partial charge in [0.15, 0.2) is 0 Å². The van der Waals surface area contributed by atoms with Crippen LogP contribution in [0.25, 0.3) is 0 Å². The first-order chi connectivity index (χ1) is 21.5. The van der Waals surface area contributed by atoms with E-state index in [9.17, 15) is 29.1 Å². The zero-order valence-electron chi connectivity index (χ0n) is 26.4. The van der Waals surface area contributed by atoms with Gasteiger partial charge in [0, 0.05) is 25.9 Å². The highest BCUT2D eigenvalue weighted by Gasteiger charge is 2.36. The van der Waals surface area contributed by atoms with Crippen LogP contribution in [0.15, 0.2) is 54.6 Å². The Labute approximate surface area is 264 Å². The van der Waals surface area contributed by atoms with Gasteiger partial charge in [0.2, 0.25) is 23.6 Å². The summed E-state index contributed by atoms with van der Waals surface area (Å²) in [5.74, 6) is -2.12. The molecule has 45 heavy (non-hydrogen) atoms. The SMILES string of the molecule is CCOC(=O)[C@H](Cc1ccc(O)cc1)NC(=O)[C@@H](C)NC(=O)CNC(=O)[C@H](Cc1ccccc1)N1CCN[C@H](CC(C)C)C1=O. The van der Waals surface area contributed by atoms with Crippen LogP contribution in [0.3, 0.4) is 0 Å². The molecule has 244 valence electrons. The third-order valence-corrected chi connectivity index (χ3v) is 7.44. The molecule has 1 saturated heterocycles. The molecule has 4 atom stereocenters. The number of nitrogens with one attached hydrogen (secondary N) is 4. The molecule has 1 fully saturated rings. The van der Waals surface area contributed by atoms with Gasteiger partial charge in [0.1, 0.15) is 23.9 Å². The molecule has 4 amide bonds. The summed E-state index contributed by atoms with van der Waals surface area (Å²) in [6.07, 6.45) is 1.04. The lowest BCUT2D eigenvalue weighted by Gasteiger charge is -2.38. The fourth-order valence-corrected chi connectivity index (χ4v) is 5.15. The lowest BCUT2D eigenvalue weighted by Crippen LogP contribution is -2.62. The molecule has 0 aliphatic carbocycles. The Bertz CT molecular complexity index is 1300. The van der Waals surface area contributed by atoms with Gasteiger partial charge in [-0.15, -0.1) is 0 Å². The first kappa shape index (κ1) is 35.0. The summed E-state index contributed by atoms with van der Waals surface area (Å²) < 4.78 is 5.10. The van der Waals surface area contributed by atoms with E-state index in [-0.39, 0.29) is 43.1 Å². The second-order valence-corrected chi connectivity index (χ2v) is 11.6. The summed E-state index contributed by atoms with van der Waals surface area (Å²) in [7, 11) is 0. The number of amides is 4. The number of hydrogen-bond acceptors (Lipinski definition) is 8. The zero-order chi connectivity index (χ0) is 32.9. The first-order valence-electron chi connectivity index (χ1n) is 15.4. The van der Waals surface area contributed by atoms with Crippen molar-refractivity contribution in [3.8, 4) is 5.75 Å². The van der Waals surface area contributed by atoms with E-state index in [1.54, 1.807) is 24.0 Å². The Balaban J connectivity index is 1.61. The Morgan fingerprint density at radius 2 is 1.62 bits per heavy atom. The monoisotopic (exact) mass is 623 g/mol. The number of aromatic hydroxyl groups is 1. The van der Waals surface area contributed by atoms with E-state index in [0.29, 0.717) is 25.1 Å². The van der Waals surface area contributed by atoms with E-state index in [1.165, 1.54) is 19.1 Å². The highest BCUT2D eigenvalue weighted by Crippen LogP contribution is 2.17. The molecule has 12 heteroatoms. The van der Waals surface area contributed by atoms with Crippen molar-refractivity contribution in [1.29, 1.82) is 0 Å². The molecule has 1 aliphatic heterocycles. The molecule has 2 aromatic carbocycles. The number of benzene rings is 2. The number of hydrogen-bond donors (Lipinski definition) is 5. The van der Waals surface area contributed by atoms with E-state index in [0.717, 1.165) is 5.56 Å². The molecule has 0 unspecified atom stereocenters. The fraction of sp³-hybridized carbons (Fsp3) is 0.485. The van der Waals surface area contributed by atoms with Crippen molar-refractivity contribution in [2.45, 2.75) is 71.1 Å². The average molecular weight is 624 g/mol. The lowest BCUT2D eigenvalue weighted by atomic mass is 9.97. The Kier molecular flexibility index (Phi) is 13.3. The summed E-state index contributed by atoms with van der Waals surface area (Å²) in [6, 6.07) is 12.3. The smallest absolute Gasteiger partial charge is 0.328 e. The van der Waals surface area contributed by atoms with Gasteiger partial charge in [-0.2, -0.15) is 0 Å². The van der Waals surface area contributed by atoms with Gasteiger partial charge in [-0.3, -0.25) is 19.2 Å². The molecule has 2 aromatic rings. The number of esters is 1.